The number of nitrogens with one attached hydrogen (secondary N) is 1. The van der Waals surface area contributed by atoms with Gasteiger partial charge in [0.1, 0.15) is 23.9 Å². The molecule has 1 fully saturated rings. The third kappa shape index (κ3) is 5.78. The van der Waals surface area contributed by atoms with Crippen LogP contribution < -0.4 is 9.47 Å². The second-order valence-electron chi connectivity index (χ2n) is 11.8. The zero-order chi connectivity index (χ0) is 29.9. The summed E-state index contributed by atoms with van der Waals surface area (Å²) in [4.78, 5) is 5.62. The monoisotopic (exact) mass is 585 g/mol. The van der Waals surface area contributed by atoms with E-state index >= 15 is 0 Å². The molecule has 0 spiro atoms. The van der Waals surface area contributed by atoms with Crippen LogP contribution in [0, 0.1) is 0 Å². The topological polar surface area (TPSA) is 62.6 Å². The van der Waals surface area contributed by atoms with E-state index < -0.39 is 0 Å². The molecule has 6 heteroatoms. The predicted octanol–water partition coefficient (Wildman–Crippen LogP) is 8.01. The maximum absolute atomic E-state index is 10.2. The standard InChI is InChI=1S/C30H32N2O3.C8H7N/c1-34-25-10-11-26-22(17-25)18-28-27-19-23(33)7-12-29(27)32(30(26)28)20-21-5-8-24(9-6-21)35-16-15-31-13-3-2-4-14-31;1-2-4-8-7(3-1)5-6-9-8/h5-12,17,19,33H,2-4,13-16,18,20H2,1H3;1-6,9H. The van der Waals surface area contributed by atoms with Gasteiger partial charge in [0.05, 0.1) is 12.8 Å². The highest BCUT2D eigenvalue weighted by Gasteiger charge is 2.27. The number of nitrogens with zero attached hydrogens (tertiary/aromatic N) is 2. The second-order valence-corrected chi connectivity index (χ2v) is 11.8. The highest BCUT2D eigenvalue weighted by Crippen LogP contribution is 2.45. The molecule has 6 aromatic rings. The van der Waals surface area contributed by atoms with Crippen LogP contribution in [-0.4, -0.2) is 52.9 Å². The van der Waals surface area contributed by atoms with Crippen LogP contribution in [-0.2, 0) is 13.0 Å². The Kier molecular flexibility index (Phi) is 7.99. The number of likely N-dealkylation sites (tertiary alicyclic amines) is 1. The quantitative estimate of drug-likeness (QED) is 0.199. The summed E-state index contributed by atoms with van der Waals surface area (Å²) < 4.78 is 13.9. The molecule has 4 aromatic carbocycles. The molecule has 2 N–H and O–H groups in total. The first-order valence-corrected chi connectivity index (χ1v) is 15.6. The predicted molar refractivity (Wildman–Crippen MR) is 178 cm³/mol. The summed E-state index contributed by atoms with van der Waals surface area (Å²) in [5.41, 5.74) is 8.61. The first kappa shape index (κ1) is 28.1. The fraction of sp³-hybridized carbons (Fsp3) is 0.263. The van der Waals surface area contributed by atoms with Crippen molar-refractivity contribution >= 4 is 21.8 Å². The molecule has 1 saturated heterocycles. The molecule has 6 nitrogen and oxygen atoms in total. The van der Waals surface area contributed by atoms with Crippen LogP contribution in [0.2, 0.25) is 0 Å². The van der Waals surface area contributed by atoms with Crippen molar-refractivity contribution in [2.45, 2.75) is 32.2 Å². The fourth-order valence-corrected chi connectivity index (χ4v) is 6.67. The number of aromatic nitrogens is 2. The van der Waals surface area contributed by atoms with Gasteiger partial charge in [0, 0.05) is 47.7 Å². The Hall–Kier alpha value is -4.68. The number of aromatic hydroxyl groups is 1. The first-order chi connectivity index (χ1) is 21.7. The van der Waals surface area contributed by atoms with E-state index in [1.165, 1.54) is 71.2 Å². The van der Waals surface area contributed by atoms with Gasteiger partial charge < -0.3 is 24.1 Å². The molecule has 0 atom stereocenters. The summed E-state index contributed by atoms with van der Waals surface area (Å²) in [5, 5.41) is 12.6. The fourth-order valence-electron chi connectivity index (χ4n) is 6.67. The van der Waals surface area contributed by atoms with E-state index in [4.69, 9.17) is 9.47 Å². The molecule has 2 aromatic heterocycles. The lowest BCUT2D eigenvalue weighted by molar-refractivity contribution is 0.183. The normalized spacial score (nSPS) is 14.2. The Morgan fingerprint density at radius 1 is 0.841 bits per heavy atom. The first-order valence-electron chi connectivity index (χ1n) is 15.6. The number of H-pyrrole nitrogens is 1. The zero-order valence-corrected chi connectivity index (χ0v) is 25.3. The van der Waals surface area contributed by atoms with Crippen LogP contribution in [0.4, 0.5) is 0 Å². The number of hydrogen-bond acceptors (Lipinski definition) is 4. The Morgan fingerprint density at radius 2 is 1.66 bits per heavy atom. The minimum absolute atomic E-state index is 0.303. The van der Waals surface area contributed by atoms with E-state index in [2.05, 4.69) is 69.0 Å². The number of hydrogen-bond donors (Lipinski definition) is 2. The summed E-state index contributed by atoms with van der Waals surface area (Å²) in [6, 6.07) is 30.8. The van der Waals surface area contributed by atoms with E-state index in [0.717, 1.165) is 48.5 Å². The van der Waals surface area contributed by atoms with Gasteiger partial charge in [-0.25, -0.2) is 0 Å². The molecule has 44 heavy (non-hydrogen) atoms. The summed E-state index contributed by atoms with van der Waals surface area (Å²) in [6.07, 6.45) is 6.77. The average Bonchev–Trinajstić information content (AvgIpc) is 3.76. The molecule has 1 aliphatic carbocycles. The van der Waals surface area contributed by atoms with Crippen LogP contribution >= 0.6 is 0 Å². The van der Waals surface area contributed by atoms with Gasteiger partial charge in [0.15, 0.2) is 0 Å². The number of para-hydroxylation sites is 1. The molecular formula is C38H39N3O3. The van der Waals surface area contributed by atoms with Crippen LogP contribution in [0.15, 0.2) is 97.2 Å². The molecule has 1 aliphatic heterocycles. The molecule has 0 radical (unpaired) electrons. The summed E-state index contributed by atoms with van der Waals surface area (Å²) in [7, 11) is 1.71. The van der Waals surface area contributed by atoms with Crippen LogP contribution in [0.5, 0.6) is 17.2 Å². The Bertz CT molecular complexity index is 1850. The molecule has 0 amide bonds. The number of piperidine rings is 1. The third-order valence-electron chi connectivity index (χ3n) is 8.94. The number of methoxy groups -OCH3 is 1. The Morgan fingerprint density at radius 3 is 2.48 bits per heavy atom. The van der Waals surface area contributed by atoms with Gasteiger partial charge in [0.25, 0.3) is 0 Å². The van der Waals surface area contributed by atoms with Gasteiger partial charge in [-0.3, -0.25) is 4.90 Å². The lowest BCUT2D eigenvalue weighted by atomic mass is 10.1. The molecule has 0 unspecified atom stereocenters. The SMILES string of the molecule is COc1ccc2c(c1)Cc1c-2n(Cc2ccc(OCCN3CCCCC3)cc2)c2ccc(O)cc12.c1ccc2[nH]ccc2c1. The van der Waals surface area contributed by atoms with Gasteiger partial charge in [-0.2, -0.15) is 0 Å². The average molecular weight is 586 g/mol. The molecule has 2 aliphatic rings. The van der Waals surface area contributed by atoms with Crippen molar-refractivity contribution in [2.75, 3.05) is 33.4 Å². The maximum atomic E-state index is 10.2. The number of phenolic OH excluding ortho intramolecular Hbond substituents is 1. The van der Waals surface area contributed by atoms with E-state index in [9.17, 15) is 5.11 Å². The number of phenols is 1. The van der Waals surface area contributed by atoms with Gasteiger partial charge in [-0.1, -0.05) is 36.8 Å². The van der Waals surface area contributed by atoms with E-state index in [1.54, 1.807) is 13.2 Å². The van der Waals surface area contributed by atoms with Crippen LogP contribution in [0.3, 0.4) is 0 Å². The Balaban J connectivity index is 0.000000296. The van der Waals surface area contributed by atoms with Crippen molar-refractivity contribution in [3.05, 3.63) is 114 Å². The zero-order valence-electron chi connectivity index (χ0n) is 25.3. The maximum Gasteiger partial charge on any atom is 0.119 e. The van der Waals surface area contributed by atoms with E-state index in [-0.39, 0.29) is 0 Å². The number of fused-ring (bicyclic) bond motifs is 6. The minimum Gasteiger partial charge on any atom is -0.508 e. The number of ether oxygens (including phenoxy) is 2. The molecule has 0 bridgehead atoms. The largest absolute Gasteiger partial charge is 0.508 e. The van der Waals surface area contributed by atoms with Gasteiger partial charge in [-0.15, -0.1) is 0 Å². The van der Waals surface area contributed by atoms with E-state index in [0.29, 0.717) is 5.75 Å². The number of rotatable bonds is 7. The summed E-state index contributed by atoms with van der Waals surface area (Å²) in [6.45, 7) is 4.89. The van der Waals surface area contributed by atoms with Crippen molar-refractivity contribution in [1.29, 1.82) is 0 Å². The summed E-state index contributed by atoms with van der Waals surface area (Å²) in [5.74, 6) is 2.11. The lowest BCUT2D eigenvalue weighted by Gasteiger charge is -2.26. The highest BCUT2D eigenvalue weighted by atomic mass is 16.5. The molecular weight excluding hydrogens is 546 g/mol. The molecule has 0 saturated carbocycles. The third-order valence-corrected chi connectivity index (χ3v) is 8.94. The lowest BCUT2D eigenvalue weighted by Crippen LogP contribution is -2.33. The van der Waals surface area contributed by atoms with Gasteiger partial charge in [-0.05, 0) is 109 Å². The van der Waals surface area contributed by atoms with Crippen LogP contribution in [0.1, 0.15) is 36.0 Å². The van der Waals surface area contributed by atoms with Gasteiger partial charge >= 0.3 is 0 Å². The highest BCUT2D eigenvalue weighted by molar-refractivity contribution is 5.96. The minimum atomic E-state index is 0.303. The molecule has 3 heterocycles. The van der Waals surface area contributed by atoms with Gasteiger partial charge in [0.2, 0.25) is 0 Å². The molecule has 224 valence electrons. The van der Waals surface area contributed by atoms with E-state index in [1.807, 2.05) is 36.5 Å². The second kappa shape index (κ2) is 12.5. The van der Waals surface area contributed by atoms with Crippen molar-refractivity contribution in [3.8, 4) is 28.5 Å². The summed E-state index contributed by atoms with van der Waals surface area (Å²) >= 11 is 0. The van der Waals surface area contributed by atoms with Crippen molar-refractivity contribution < 1.29 is 14.6 Å². The smallest absolute Gasteiger partial charge is 0.119 e. The van der Waals surface area contributed by atoms with Crippen molar-refractivity contribution in [1.82, 2.24) is 14.5 Å². The molecule has 8 rings (SSSR count). The number of aromatic amines is 1. The van der Waals surface area contributed by atoms with Crippen molar-refractivity contribution in [3.63, 3.8) is 0 Å². The van der Waals surface area contributed by atoms with Crippen LogP contribution in [0.25, 0.3) is 33.1 Å². The Labute approximate surface area is 258 Å². The number of benzene rings is 4. The van der Waals surface area contributed by atoms with Crippen molar-refractivity contribution in [2.24, 2.45) is 0 Å².